The molecule has 1 aromatic carbocycles. The van der Waals surface area contributed by atoms with Crippen LogP contribution in [0, 0.1) is 17.1 Å². The number of nitrogens with zero attached hydrogens (tertiary/aromatic N) is 3. The van der Waals surface area contributed by atoms with E-state index in [0.717, 1.165) is 6.07 Å². The van der Waals surface area contributed by atoms with Crippen molar-refractivity contribution in [2.24, 2.45) is 0 Å². The number of hydrogen-bond acceptors (Lipinski definition) is 4. The number of ether oxygens (including phenoxy) is 1. The van der Waals surface area contributed by atoms with Gasteiger partial charge in [0.05, 0.1) is 16.9 Å². The monoisotopic (exact) mass is 313 g/mol. The third-order valence-electron chi connectivity index (χ3n) is 2.40. The van der Waals surface area contributed by atoms with Crippen molar-refractivity contribution in [3.8, 4) is 23.2 Å². The van der Waals surface area contributed by atoms with Crippen LogP contribution < -0.4 is 4.74 Å². The summed E-state index contributed by atoms with van der Waals surface area (Å²) in [7, 11) is 0. The summed E-state index contributed by atoms with van der Waals surface area (Å²) in [4.78, 5) is 7.70. The van der Waals surface area contributed by atoms with Crippen LogP contribution in [-0.2, 0) is 0 Å². The average Bonchev–Trinajstić information content (AvgIpc) is 2.45. The Balaban J connectivity index is 2.37. The maximum atomic E-state index is 13.0. The molecule has 0 N–H and O–H groups in total. The van der Waals surface area contributed by atoms with E-state index in [0.29, 0.717) is 5.56 Å². The van der Waals surface area contributed by atoms with Crippen molar-refractivity contribution >= 4 is 11.6 Å². The fourth-order valence-corrected chi connectivity index (χ4v) is 1.79. The molecule has 108 valence electrons. The fourth-order valence-electron chi connectivity index (χ4n) is 1.53. The molecule has 0 atom stereocenters. The molecule has 2 rings (SSSR count). The van der Waals surface area contributed by atoms with E-state index in [9.17, 15) is 13.2 Å². The molecule has 1 heterocycles. The topological polar surface area (TPSA) is 58.8 Å². The molecule has 0 aliphatic heterocycles. The van der Waals surface area contributed by atoms with Crippen LogP contribution in [-0.4, -0.2) is 23.0 Å². The van der Waals surface area contributed by atoms with Gasteiger partial charge >= 0.3 is 0 Å². The van der Waals surface area contributed by atoms with Gasteiger partial charge in [-0.2, -0.15) is 5.26 Å². The Morgan fingerprint density at radius 1 is 1.38 bits per heavy atom. The van der Waals surface area contributed by atoms with Gasteiger partial charge in [0.2, 0.25) is 5.69 Å². The number of benzene rings is 1. The van der Waals surface area contributed by atoms with Crippen LogP contribution in [0.4, 0.5) is 13.2 Å². The molecule has 2 aromatic rings. The van der Waals surface area contributed by atoms with Crippen LogP contribution in [0.15, 0.2) is 24.4 Å². The summed E-state index contributed by atoms with van der Waals surface area (Å²) in [5, 5.41) is 9.05. The first-order chi connectivity index (χ1) is 10.0. The van der Waals surface area contributed by atoms with Gasteiger partial charge in [-0.15, -0.1) is 0 Å². The lowest BCUT2D eigenvalue weighted by atomic mass is 10.1. The van der Waals surface area contributed by atoms with Gasteiger partial charge in [0.25, 0.3) is 12.3 Å². The van der Waals surface area contributed by atoms with Crippen molar-refractivity contribution in [3.63, 3.8) is 0 Å². The maximum absolute atomic E-state index is 13.0. The van der Waals surface area contributed by atoms with E-state index in [2.05, 4.69) is 9.97 Å². The minimum atomic E-state index is -2.69. The molecule has 0 aliphatic rings. The third-order valence-corrected chi connectivity index (χ3v) is 2.71. The van der Waals surface area contributed by atoms with E-state index < -0.39 is 18.8 Å². The highest BCUT2D eigenvalue weighted by atomic mass is 35.5. The second-order valence-corrected chi connectivity index (χ2v) is 4.25. The Morgan fingerprint density at radius 3 is 2.76 bits per heavy atom. The van der Waals surface area contributed by atoms with Crippen LogP contribution in [0.2, 0.25) is 5.02 Å². The molecular formula is C13H7ClF3N3O. The van der Waals surface area contributed by atoms with Gasteiger partial charge in [0.1, 0.15) is 11.9 Å². The highest BCUT2D eigenvalue weighted by Crippen LogP contribution is 2.28. The Bertz CT molecular complexity index is 704. The smallest absolute Gasteiger partial charge is 0.272 e. The molecule has 0 unspecified atom stereocenters. The number of nitriles is 1. The first-order valence-electron chi connectivity index (χ1n) is 5.64. The van der Waals surface area contributed by atoms with Crippen molar-refractivity contribution in [1.82, 2.24) is 9.97 Å². The molecule has 0 spiro atoms. The second kappa shape index (κ2) is 6.41. The number of hydrogen-bond donors (Lipinski definition) is 0. The van der Waals surface area contributed by atoms with E-state index in [4.69, 9.17) is 21.6 Å². The normalized spacial score (nSPS) is 10.5. The van der Waals surface area contributed by atoms with Crippen molar-refractivity contribution in [2.75, 3.05) is 6.61 Å². The fraction of sp³-hybridized carbons (Fsp3) is 0.154. The Morgan fingerprint density at radius 2 is 2.14 bits per heavy atom. The summed E-state index contributed by atoms with van der Waals surface area (Å²) in [6.07, 6.45) is -1.48. The standard InChI is InChI=1S/C13H7ClF3N3O/c14-9-3-7(15)1-2-8(9)11-5-19-13(10(4-18)20-11)21-6-12(16)17/h1-3,5,12H,6H2. The maximum Gasteiger partial charge on any atom is 0.272 e. The van der Waals surface area contributed by atoms with E-state index in [1.54, 1.807) is 6.07 Å². The molecule has 0 amide bonds. The van der Waals surface area contributed by atoms with Crippen LogP contribution in [0.5, 0.6) is 5.88 Å². The average molecular weight is 314 g/mol. The zero-order valence-corrected chi connectivity index (χ0v) is 11.1. The lowest BCUT2D eigenvalue weighted by molar-refractivity contribution is 0.0792. The van der Waals surface area contributed by atoms with Crippen molar-refractivity contribution in [3.05, 3.63) is 40.9 Å². The molecule has 4 nitrogen and oxygen atoms in total. The van der Waals surface area contributed by atoms with Gasteiger partial charge in [-0.05, 0) is 18.2 Å². The molecule has 0 aliphatic carbocycles. The molecule has 0 radical (unpaired) electrons. The van der Waals surface area contributed by atoms with Gasteiger partial charge in [-0.3, -0.25) is 0 Å². The molecule has 0 fully saturated rings. The summed E-state index contributed by atoms with van der Waals surface area (Å²) in [5.41, 5.74) is 0.317. The second-order valence-electron chi connectivity index (χ2n) is 3.85. The van der Waals surface area contributed by atoms with Gasteiger partial charge in [0.15, 0.2) is 6.61 Å². The summed E-state index contributed by atoms with van der Waals surface area (Å²) >= 11 is 5.88. The van der Waals surface area contributed by atoms with Gasteiger partial charge in [0, 0.05) is 5.56 Å². The highest BCUT2D eigenvalue weighted by Gasteiger charge is 2.14. The van der Waals surface area contributed by atoms with Gasteiger partial charge < -0.3 is 4.74 Å². The van der Waals surface area contributed by atoms with E-state index >= 15 is 0 Å². The molecule has 8 heteroatoms. The Hall–Kier alpha value is -2.33. The van der Waals surface area contributed by atoms with Crippen LogP contribution >= 0.6 is 11.6 Å². The molecule has 0 saturated heterocycles. The highest BCUT2D eigenvalue weighted by molar-refractivity contribution is 6.33. The van der Waals surface area contributed by atoms with Crippen LogP contribution in [0.1, 0.15) is 5.69 Å². The third kappa shape index (κ3) is 3.61. The number of halogens is 4. The largest absolute Gasteiger partial charge is 0.470 e. The summed E-state index contributed by atoms with van der Waals surface area (Å²) in [5.74, 6) is -0.811. The minimum absolute atomic E-state index is 0.0921. The lowest BCUT2D eigenvalue weighted by Crippen LogP contribution is -2.10. The zero-order valence-electron chi connectivity index (χ0n) is 10.4. The molecule has 1 aromatic heterocycles. The Kier molecular flexibility index (Phi) is 4.60. The molecule has 0 saturated carbocycles. The van der Waals surface area contributed by atoms with E-state index in [-0.39, 0.29) is 22.3 Å². The first kappa shape index (κ1) is 15.1. The number of alkyl halides is 2. The summed E-state index contributed by atoms with van der Waals surface area (Å²) < 4.78 is 41.8. The van der Waals surface area contributed by atoms with Crippen LogP contribution in [0.25, 0.3) is 11.3 Å². The van der Waals surface area contributed by atoms with Crippen LogP contribution in [0.3, 0.4) is 0 Å². The number of aromatic nitrogens is 2. The SMILES string of the molecule is N#Cc1nc(-c2ccc(F)cc2Cl)cnc1OCC(F)F. The first-order valence-corrected chi connectivity index (χ1v) is 6.02. The minimum Gasteiger partial charge on any atom is -0.470 e. The number of rotatable bonds is 4. The van der Waals surface area contributed by atoms with Gasteiger partial charge in [-0.25, -0.2) is 23.1 Å². The molecule has 21 heavy (non-hydrogen) atoms. The van der Waals surface area contributed by atoms with Gasteiger partial charge in [-0.1, -0.05) is 11.6 Å². The molecule has 0 bridgehead atoms. The van der Waals surface area contributed by atoms with E-state index in [1.807, 2.05) is 0 Å². The van der Waals surface area contributed by atoms with Crippen molar-refractivity contribution in [1.29, 1.82) is 5.26 Å². The zero-order chi connectivity index (χ0) is 15.4. The van der Waals surface area contributed by atoms with Crippen molar-refractivity contribution in [2.45, 2.75) is 6.43 Å². The lowest BCUT2D eigenvalue weighted by Gasteiger charge is -2.08. The van der Waals surface area contributed by atoms with Crippen molar-refractivity contribution < 1.29 is 17.9 Å². The predicted octanol–water partition coefficient (Wildman–Crippen LogP) is 3.45. The molecular weight excluding hydrogens is 307 g/mol. The van der Waals surface area contributed by atoms with E-state index in [1.165, 1.54) is 18.3 Å². The summed E-state index contributed by atoms with van der Waals surface area (Å²) in [6, 6.07) is 5.34. The summed E-state index contributed by atoms with van der Waals surface area (Å²) in [6.45, 7) is -0.889. The predicted molar refractivity (Wildman–Crippen MR) is 68.7 cm³/mol. The Labute approximate surface area is 122 Å². The quantitative estimate of drug-likeness (QED) is 0.867.